The number of esters is 1. The number of nitrogens with zero attached hydrogens (tertiary/aromatic N) is 2. The van der Waals surface area contributed by atoms with Gasteiger partial charge in [-0.25, -0.2) is 19.2 Å². The first kappa shape index (κ1) is 27.5. The Labute approximate surface area is 215 Å². The van der Waals surface area contributed by atoms with E-state index in [1.807, 2.05) is 12.4 Å². The number of rotatable bonds is 15. The van der Waals surface area contributed by atoms with E-state index < -0.39 is 5.97 Å². The first-order valence-electron chi connectivity index (χ1n) is 13.5. The zero-order valence-corrected chi connectivity index (χ0v) is 21.8. The molecule has 0 aliphatic rings. The fraction of sp³-hybridized carbons (Fsp3) is 0.452. The molecule has 0 atom stereocenters. The van der Waals surface area contributed by atoms with Gasteiger partial charge in [0, 0.05) is 24.0 Å². The van der Waals surface area contributed by atoms with Crippen molar-refractivity contribution in [3.05, 3.63) is 77.4 Å². The monoisotopic (exact) mass is 490 g/mol. The van der Waals surface area contributed by atoms with E-state index in [9.17, 15) is 9.18 Å². The Bertz CT molecular complexity index is 1060. The summed E-state index contributed by atoms with van der Waals surface area (Å²) in [4.78, 5) is 21.6. The second-order valence-electron chi connectivity index (χ2n) is 9.46. The van der Waals surface area contributed by atoms with Crippen LogP contribution in [-0.4, -0.2) is 15.9 Å². The van der Waals surface area contributed by atoms with E-state index in [0.717, 1.165) is 49.7 Å². The standard InChI is InChI=1S/C31H39FN2O2/c1-3-5-7-9-10-11-13-24-22-33-30(34-23-24)26-15-17-27(18-16-26)31(35)36-28-20-19-25(29(32)21-28)14-12-8-6-4-2/h15-23H,3-14H2,1-2H3. The van der Waals surface area contributed by atoms with Crippen molar-refractivity contribution in [3.8, 4) is 17.1 Å². The quantitative estimate of drug-likeness (QED) is 0.122. The molecule has 0 bridgehead atoms. The molecule has 0 saturated heterocycles. The minimum Gasteiger partial charge on any atom is -0.423 e. The SMILES string of the molecule is CCCCCCCCc1cnc(-c2ccc(C(=O)Oc3ccc(CCCCCC)c(F)c3)cc2)nc1. The van der Waals surface area contributed by atoms with Crippen LogP contribution in [-0.2, 0) is 12.8 Å². The highest BCUT2D eigenvalue weighted by atomic mass is 19.1. The number of hydrogen-bond acceptors (Lipinski definition) is 4. The molecule has 5 heteroatoms. The molecule has 3 rings (SSSR count). The van der Waals surface area contributed by atoms with Gasteiger partial charge in [-0.15, -0.1) is 0 Å². The molecule has 0 unspecified atom stereocenters. The number of aryl methyl sites for hydroxylation is 2. The smallest absolute Gasteiger partial charge is 0.343 e. The average molecular weight is 491 g/mol. The number of hydrogen-bond donors (Lipinski definition) is 0. The fourth-order valence-corrected chi connectivity index (χ4v) is 4.20. The highest BCUT2D eigenvalue weighted by Gasteiger charge is 2.12. The topological polar surface area (TPSA) is 52.1 Å². The van der Waals surface area contributed by atoms with Gasteiger partial charge in [0.05, 0.1) is 5.56 Å². The third-order valence-corrected chi connectivity index (χ3v) is 6.44. The van der Waals surface area contributed by atoms with E-state index in [-0.39, 0.29) is 11.6 Å². The van der Waals surface area contributed by atoms with E-state index in [0.29, 0.717) is 23.4 Å². The first-order valence-corrected chi connectivity index (χ1v) is 13.5. The van der Waals surface area contributed by atoms with E-state index >= 15 is 0 Å². The third kappa shape index (κ3) is 8.85. The lowest BCUT2D eigenvalue weighted by molar-refractivity contribution is 0.0734. The molecule has 0 fully saturated rings. The molecule has 0 spiro atoms. The maximum atomic E-state index is 14.4. The molecule has 0 N–H and O–H groups in total. The van der Waals surface area contributed by atoms with Crippen molar-refractivity contribution < 1.29 is 13.9 Å². The molecular formula is C31H39FN2O2. The first-order chi connectivity index (χ1) is 17.6. The maximum absolute atomic E-state index is 14.4. The predicted molar refractivity (Wildman–Crippen MR) is 144 cm³/mol. The van der Waals surface area contributed by atoms with E-state index in [4.69, 9.17) is 4.74 Å². The van der Waals surface area contributed by atoms with Gasteiger partial charge in [-0.3, -0.25) is 0 Å². The molecule has 192 valence electrons. The van der Waals surface area contributed by atoms with Crippen LogP contribution in [0, 0.1) is 5.82 Å². The zero-order chi connectivity index (χ0) is 25.6. The Balaban J connectivity index is 1.50. The number of aromatic nitrogens is 2. The van der Waals surface area contributed by atoms with Crippen molar-refractivity contribution in [2.24, 2.45) is 0 Å². The van der Waals surface area contributed by atoms with E-state index in [2.05, 4.69) is 23.8 Å². The zero-order valence-electron chi connectivity index (χ0n) is 21.8. The van der Waals surface area contributed by atoms with Crippen molar-refractivity contribution in [2.45, 2.75) is 90.9 Å². The summed E-state index contributed by atoms with van der Waals surface area (Å²) in [5, 5.41) is 0. The summed E-state index contributed by atoms with van der Waals surface area (Å²) in [5.74, 6) is -0.0162. The lowest BCUT2D eigenvalue weighted by Crippen LogP contribution is -2.09. The van der Waals surface area contributed by atoms with Gasteiger partial charge in [-0.05, 0) is 55.0 Å². The molecule has 0 aliphatic carbocycles. The molecule has 1 aromatic heterocycles. The lowest BCUT2D eigenvalue weighted by Gasteiger charge is -2.08. The Hall–Kier alpha value is -3.08. The number of halogens is 1. The van der Waals surface area contributed by atoms with Crippen LogP contribution in [0.4, 0.5) is 4.39 Å². The third-order valence-electron chi connectivity index (χ3n) is 6.44. The van der Waals surface area contributed by atoms with Crippen molar-refractivity contribution in [1.29, 1.82) is 0 Å². The van der Waals surface area contributed by atoms with Gasteiger partial charge in [-0.2, -0.15) is 0 Å². The second kappa shape index (κ2) is 15.1. The molecule has 0 saturated carbocycles. The van der Waals surface area contributed by atoms with Crippen molar-refractivity contribution in [2.75, 3.05) is 0 Å². The summed E-state index contributed by atoms with van der Waals surface area (Å²) in [7, 11) is 0. The number of unbranched alkanes of at least 4 members (excludes halogenated alkanes) is 8. The Morgan fingerprint density at radius 1 is 0.778 bits per heavy atom. The Morgan fingerprint density at radius 3 is 2.06 bits per heavy atom. The largest absolute Gasteiger partial charge is 0.423 e. The molecule has 1 heterocycles. The van der Waals surface area contributed by atoms with Gasteiger partial charge in [0.1, 0.15) is 11.6 Å². The van der Waals surface area contributed by atoms with Gasteiger partial charge >= 0.3 is 5.97 Å². The van der Waals surface area contributed by atoms with Crippen LogP contribution in [0.1, 0.15) is 99.5 Å². The number of ether oxygens (including phenoxy) is 1. The molecular weight excluding hydrogens is 451 g/mol. The summed E-state index contributed by atoms with van der Waals surface area (Å²) in [6, 6.07) is 11.6. The molecule has 0 aliphatic heterocycles. The molecule has 36 heavy (non-hydrogen) atoms. The van der Waals surface area contributed by atoms with Crippen molar-refractivity contribution in [3.63, 3.8) is 0 Å². The number of carbonyl (C=O) groups excluding carboxylic acids is 1. The minimum absolute atomic E-state index is 0.211. The van der Waals surface area contributed by atoms with Gasteiger partial charge in [-0.1, -0.05) is 83.4 Å². The molecule has 4 nitrogen and oxygen atoms in total. The average Bonchev–Trinajstić information content (AvgIpc) is 2.90. The molecule has 3 aromatic rings. The van der Waals surface area contributed by atoms with Gasteiger partial charge in [0.25, 0.3) is 0 Å². The second-order valence-corrected chi connectivity index (χ2v) is 9.46. The van der Waals surface area contributed by atoms with Crippen LogP contribution in [0.2, 0.25) is 0 Å². The van der Waals surface area contributed by atoms with Crippen LogP contribution < -0.4 is 4.74 Å². The molecule has 0 radical (unpaired) electrons. The summed E-state index contributed by atoms with van der Waals surface area (Å²) in [5.41, 5.74) is 3.03. The van der Waals surface area contributed by atoms with Crippen LogP contribution in [0.3, 0.4) is 0 Å². The van der Waals surface area contributed by atoms with Crippen LogP contribution in [0.5, 0.6) is 5.75 Å². The highest BCUT2D eigenvalue weighted by Crippen LogP contribution is 2.21. The highest BCUT2D eigenvalue weighted by molar-refractivity contribution is 5.91. The van der Waals surface area contributed by atoms with Crippen LogP contribution in [0.15, 0.2) is 54.9 Å². The van der Waals surface area contributed by atoms with Gasteiger partial charge in [0.2, 0.25) is 0 Å². The van der Waals surface area contributed by atoms with Crippen LogP contribution >= 0.6 is 0 Å². The van der Waals surface area contributed by atoms with Gasteiger partial charge < -0.3 is 4.74 Å². The minimum atomic E-state index is -0.521. The molecule has 0 amide bonds. The Morgan fingerprint density at radius 2 is 1.39 bits per heavy atom. The van der Waals surface area contributed by atoms with E-state index in [1.54, 1.807) is 36.4 Å². The number of benzene rings is 2. The summed E-state index contributed by atoms with van der Waals surface area (Å²) in [6.45, 7) is 4.38. The summed E-state index contributed by atoms with van der Waals surface area (Å²) < 4.78 is 19.8. The van der Waals surface area contributed by atoms with Gasteiger partial charge in [0.15, 0.2) is 5.82 Å². The summed E-state index contributed by atoms with van der Waals surface area (Å²) >= 11 is 0. The lowest BCUT2D eigenvalue weighted by atomic mass is 10.1. The summed E-state index contributed by atoms with van der Waals surface area (Å²) in [6.07, 6.45) is 17.4. The molecule has 2 aromatic carbocycles. The fourth-order valence-electron chi connectivity index (χ4n) is 4.20. The number of carbonyl (C=O) groups is 1. The van der Waals surface area contributed by atoms with Crippen LogP contribution in [0.25, 0.3) is 11.4 Å². The normalized spacial score (nSPS) is 11.0. The van der Waals surface area contributed by atoms with Crippen molar-refractivity contribution in [1.82, 2.24) is 9.97 Å². The Kier molecular flexibility index (Phi) is 11.6. The van der Waals surface area contributed by atoms with E-state index in [1.165, 1.54) is 38.2 Å². The van der Waals surface area contributed by atoms with Crippen molar-refractivity contribution >= 4 is 5.97 Å². The maximum Gasteiger partial charge on any atom is 0.343 e. The predicted octanol–water partition coefficient (Wildman–Crippen LogP) is 8.53.